The minimum Gasteiger partial charge on any atom is -0.469 e. The second-order valence-corrected chi connectivity index (χ2v) is 3.40. The van der Waals surface area contributed by atoms with E-state index in [2.05, 4.69) is 23.9 Å². The van der Waals surface area contributed by atoms with E-state index in [1.165, 1.54) is 7.11 Å². The van der Waals surface area contributed by atoms with Gasteiger partial charge in [-0.2, -0.15) is 0 Å². The van der Waals surface area contributed by atoms with Crippen LogP contribution in [0.4, 0.5) is 0 Å². The van der Waals surface area contributed by atoms with Crippen LogP contribution < -0.4 is 5.32 Å². The summed E-state index contributed by atoms with van der Waals surface area (Å²) < 4.78 is 9.73. The highest BCUT2D eigenvalue weighted by Crippen LogP contribution is 1.88. The zero-order valence-electron chi connectivity index (χ0n) is 9.34. The molecule has 0 atom stereocenters. The third-order valence-electron chi connectivity index (χ3n) is 1.70. The summed E-state index contributed by atoms with van der Waals surface area (Å²) in [6.07, 6.45) is 1.31. The van der Waals surface area contributed by atoms with Crippen molar-refractivity contribution in [2.75, 3.05) is 26.9 Å². The fourth-order valence-electron chi connectivity index (χ4n) is 0.925. The van der Waals surface area contributed by atoms with Gasteiger partial charge in [0.15, 0.2) is 0 Å². The van der Waals surface area contributed by atoms with Gasteiger partial charge in [-0.1, -0.05) is 13.8 Å². The number of carbonyl (C=O) groups is 1. The van der Waals surface area contributed by atoms with Gasteiger partial charge < -0.3 is 14.8 Å². The fraction of sp³-hybridized carbons (Fsp3) is 0.900. The molecule has 0 aliphatic rings. The van der Waals surface area contributed by atoms with E-state index in [4.69, 9.17) is 4.74 Å². The van der Waals surface area contributed by atoms with Crippen LogP contribution in [0.3, 0.4) is 0 Å². The largest absolute Gasteiger partial charge is 0.469 e. The molecule has 0 spiro atoms. The molecule has 4 nitrogen and oxygen atoms in total. The van der Waals surface area contributed by atoms with Crippen LogP contribution in [0.5, 0.6) is 0 Å². The second-order valence-electron chi connectivity index (χ2n) is 3.40. The smallest absolute Gasteiger partial charge is 0.307 e. The van der Waals surface area contributed by atoms with Crippen molar-refractivity contribution < 1.29 is 14.3 Å². The van der Waals surface area contributed by atoms with Crippen molar-refractivity contribution in [2.45, 2.75) is 32.7 Å². The van der Waals surface area contributed by atoms with Crippen molar-refractivity contribution in [2.24, 2.45) is 0 Å². The number of esters is 1. The number of ether oxygens (including phenoxy) is 2. The summed E-state index contributed by atoms with van der Waals surface area (Å²) in [7, 11) is 1.38. The summed E-state index contributed by atoms with van der Waals surface area (Å²) in [5, 5.41) is 3.28. The van der Waals surface area contributed by atoms with Crippen molar-refractivity contribution in [1.29, 1.82) is 0 Å². The predicted octanol–water partition coefficient (Wildman–Crippen LogP) is 0.954. The van der Waals surface area contributed by atoms with Crippen LogP contribution in [-0.2, 0) is 14.3 Å². The van der Waals surface area contributed by atoms with E-state index in [9.17, 15) is 4.79 Å². The molecular formula is C10H21NO3. The summed E-state index contributed by atoms with van der Waals surface area (Å²) in [5.41, 5.74) is 0. The molecule has 0 rings (SSSR count). The zero-order chi connectivity index (χ0) is 10.8. The van der Waals surface area contributed by atoms with E-state index < -0.39 is 0 Å². The highest BCUT2D eigenvalue weighted by Gasteiger charge is 1.98. The Balaban J connectivity index is 3.03. The van der Waals surface area contributed by atoms with Gasteiger partial charge in [0.2, 0.25) is 0 Å². The molecule has 0 aromatic carbocycles. The maximum atomic E-state index is 10.7. The van der Waals surface area contributed by atoms with E-state index in [0.717, 1.165) is 13.0 Å². The van der Waals surface area contributed by atoms with Gasteiger partial charge >= 0.3 is 5.97 Å². The lowest BCUT2D eigenvalue weighted by Crippen LogP contribution is -2.24. The lowest BCUT2D eigenvalue weighted by atomic mass is 10.3. The summed E-state index contributed by atoms with van der Waals surface area (Å²) in [6.45, 7) is 6.32. The van der Waals surface area contributed by atoms with Crippen LogP contribution in [0.2, 0.25) is 0 Å². The van der Waals surface area contributed by atoms with Gasteiger partial charge in [-0.15, -0.1) is 0 Å². The molecule has 0 saturated heterocycles. The predicted molar refractivity (Wildman–Crippen MR) is 55.2 cm³/mol. The van der Waals surface area contributed by atoms with Crippen LogP contribution in [0.1, 0.15) is 26.7 Å². The Morgan fingerprint density at radius 3 is 2.64 bits per heavy atom. The van der Waals surface area contributed by atoms with E-state index >= 15 is 0 Å². The van der Waals surface area contributed by atoms with Crippen molar-refractivity contribution in [3.63, 3.8) is 0 Å². The molecule has 0 saturated carbocycles. The van der Waals surface area contributed by atoms with Crippen LogP contribution in [-0.4, -0.2) is 38.9 Å². The molecule has 0 radical (unpaired) electrons. The quantitative estimate of drug-likeness (QED) is 0.471. The average molecular weight is 203 g/mol. The van der Waals surface area contributed by atoms with Gasteiger partial charge in [-0.05, 0) is 13.0 Å². The normalized spacial score (nSPS) is 10.6. The lowest BCUT2D eigenvalue weighted by molar-refractivity contribution is -0.141. The number of methoxy groups -OCH3 is 1. The first-order chi connectivity index (χ1) is 6.66. The molecule has 4 heteroatoms. The molecule has 0 bridgehead atoms. The van der Waals surface area contributed by atoms with Crippen molar-refractivity contribution in [3.05, 3.63) is 0 Å². The fourth-order valence-corrected chi connectivity index (χ4v) is 0.925. The highest BCUT2D eigenvalue weighted by atomic mass is 16.5. The first kappa shape index (κ1) is 13.4. The van der Waals surface area contributed by atoms with Gasteiger partial charge in [0.1, 0.15) is 0 Å². The molecule has 0 aromatic rings. The molecule has 0 aliphatic carbocycles. The van der Waals surface area contributed by atoms with Gasteiger partial charge in [-0.3, -0.25) is 4.79 Å². The molecule has 84 valence electrons. The Labute approximate surface area is 86.0 Å². The lowest BCUT2D eigenvalue weighted by Gasteiger charge is -2.07. The summed E-state index contributed by atoms with van der Waals surface area (Å²) >= 11 is 0. The highest BCUT2D eigenvalue weighted by molar-refractivity contribution is 5.69. The second kappa shape index (κ2) is 8.97. The number of rotatable bonds is 8. The Morgan fingerprint density at radius 2 is 2.07 bits per heavy atom. The van der Waals surface area contributed by atoms with E-state index in [0.29, 0.717) is 25.7 Å². The number of carbonyl (C=O) groups excluding carboxylic acids is 1. The molecule has 1 N–H and O–H groups in total. The topological polar surface area (TPSA) is 47.6 Å². The van der Waals surface area contributed by atoms with E-state index in [-0.39, 0.29) is 5.97 Å². The number of nitrogens with one attached hydrogen (secondary N) is 1. The summed E-state index contributed by atoms with van der Waals surface area (Å²) in [4.78, 5) is 10.7. The van der Waals surface area contributed by atoms with Crippen LogP contribution in [0.15, 0.2) is 0 Å². The first-order valence-electron chi connectivity index (χ1n) is 5.04. The number of hydrogen-bond acceptors (Lipinski definition) is 4. The Bertz CT molecular complexity index is 148. The maximum absolute atomic E-state index is 10.7. The molecule has 0 unspecified atom stereocenters. The average Bonchev–Trinajstić information content (AvgIpc) is 2.15. The van der Waals surface area contributed by atoms with Crippen molar-refractivity contribution >= 4 is 5.97 Å². The molecule has 0 heterocycles. The zero-order valence-corrected chi connectivity index (χ0v) is 9.34. The molecule has 0 amide bonds. The number of hydrogen-bond donors (Lipinski definition) is 1. The van der Waals surface area contributed by atoms with Crippen LogP contribution in [0, 0.1) is 0 Å². The summed E-state index contributed by atoms with van der Waals surface area (Å²) in [6, 6.07) is 0.519. The van der Waals surface area contributed by atoms with Crippen LogP contribution >= 0.6 is 0 Å². The third kappa shape index (κ3) is 9.48. The standard InChI is InChI=1S/C10H21NO3/c1-9(2)11-6-4-7-14-8-5-10(12)13-3/h9,11H,4-8H2,1-3H3. The minimum absolute atomic E-state index is 0.217. The summed E-state index contributed by atoms with van der Waals surface area (Å²) in [5.74, 6) is -0.217. The van der Waals surface area contributed by atoms with Gasteiger partial charge in [0, 0.05) is 12.6 Å². The molecule has 0 aromatic heterocycles. The Kier molecular flexibility index (Phi) is 8.57. The minimum atomic E-state index is -0.217. The Morgan fingerprint density at radius 1 is 1.36 bits per heavy atom. The maximum Gasteiger partial charge on any atom is 0.307 e. The molecule has 0 fully saturated rings. The monoisotopic (exact) mass is 203 g/mol. The van der Waals surface area contributed by atoms with E-state index in [1.807, 2.05) is 0 Å². The van der Waals surface area contributed by atoms with Gasteiger partial charge in [0.05, 0.1) is 20.1 Å². The molecular weight excluding hydrogens is 182 g/mol. The molecule has 0 aliphatic heterocycles. The van der Waals surface area contributed by atoms with Gasteiger partial charge in [0.25, 0.3) is 0 Å². The third-order valence-corrected chi connectivity index (χ3v) is 1.70. The van der Waals surface area contributed by atoms with Crippen LogP contribution in [0.25, 0.3) is 0 Å². The van der Waals surface area contributed by atoms with Crippen molar-refractivity contribution in [3.8, 4) is 0 Å². The first-order valence-corrected chi connectivity index (χ1v) is 5.04. The SMILES string of the molecule is COC(=O)CCOCCCNC(C)C. The van der Waals surface area contributed by atoms with Crippen molar-refractivity contribution in [1.82, 2.24) is 5.32 Å². The van der Waals surface area contributed by atoms with Gasteiger partial charge in [-0.25, -0.2) is 0 Å². The molecule has 14 heavy (non-hydrogen) atoms. The van der Waals surface area contributed by atoms with E-state index in [1.54, 1.807) is 0 Å². The Hall–Kier alpha value is -0.610.